The van der Waals surface area contributed by atoms with Gasteiger partial charge in [-0.2, -0.15) is 0 Å². The van der Waals surface area contributed by atoms with Gasteiger partial charge in [-0.25, -0.2) is 0 Å². The van der Waals surface area contributed by atoms with Crippen LogP contribution in [-0.2, 0) is 0 Å². The number of benzene rings is 1. The summed E-state index contributed by atoms with van der Waals surface area (Å²) in [6.45, 7) is 7.52. The number of hydrogen-bond donors (Lipinski definition) is 2. The molecule has 0 amide bonds. The van der Waals surface area contributed by atoms with Crippen molar-refractivity contribution in [1.29, 1.82) is 0 Å². The lowest BCUT2D eigenvalue weighted by atomic mass is 10.1. The molecule has 1 aromatic rings. The summed E-state index contributed by atoms with van der Waals surface area (Å²) < 4.78 is 0. The van der Waals surface area contributed by atoms with Crippen molar-refractivity contribution in [3.05, 3.63) is 18.2 Å². The number of nitrogens with zero attached hydrogens (tertiary/aromatic N) is 1. The molecule has 3 nitrogen and oxygen atoms in total. The number of fused-ring (bicyclic) bond motifs is 1. The Morgan fingerprint density at radius 2 is 2.20 bits per heavy atom. The summed E-state index contributed by atoms with van der Waals surface area (Å²) in [6.07, 6.45) is 0. The van der Waals surface area contributed by atoms with E-state index in [2.05, 4.69) is 31.0 Å². The van der Waals surface area contributed by atoms with Crippen molar-refractivity contribution in [1.82, 2.24) is 0 Å². The third kappa shape index (κ3) is 1.74. The normalized spacial score (nSPS) is 20.0. The zero-order valence-electron chi connectivity index (χ0n) is 9.49. The van der Waals surface area contributed by atoms with E-state index in [4.69, 9.17) is 0 Å². The van der Waals surface area contributed by atoms with Gasteiger partial charge in [0.2, 0.25) is 0 Å². The van der Waals surface area contributed by atoms with Crippen LogP contribution in [-0.4, -0.2) is 23.7 Å². The minimum absolute atomic E-state index is 0.319. The zero-order chi connectivity index (χ0) is 11.0. The zero-order valence-corrected chi connectivity index (χ0v) is 9.49. The maximum Gasteiger partial charge on any atom is 0.117 e. The van der Waals surface area contributed by atoms with Gasteiger partial charge in [-0.1, -0.05) is 0 Å². The molecule has 0 radical (unpaired) electrons. The molecule has 1 aromatic carbocycles. The molecule has 0 aromatic heterocycles. The average Bonchev–Trinajstić information content (AvgIpc) is 2.17. The molecule has 0 aliphatic carbocycles. The first-order chi connectivity index (χ1) is 7.09. The van der Waals surface area contributed by atoms with Gasteiger partial charge in [-0.15, -0.1) is 0 Å². The molecule has 2 N–H and O–H groups in total. The van der Waals surface area contributed by atoms with Gasteiger partial charge >= 0.3 is 0 Å². The second kappa shape index (κ2) is 3.65. The van der Waals surface area contributed by atoms with Crippen LogP contribution < -0.4 is 10.2 Å². The van der Waals surface area contributed by atoms with E-state index >= 15 is 0 Å². The monoisotopic (exact) mass is 206 g/mol. The minimum atomic E-state index is 0.319. The highest BCUT2D eigenvalue weighted by Gasteiger charge is 2.24. The Hall–Kier alpha value is -1.38. The van der Waals surface area contributed by atoms with Gasteiger partial charge in [-0.3, -0.25) is 0 Å². The Labute approximate surface area is 90.7 Å². The summed E-state index contributed by atoms with van der Waals surface area (Å²) in [6, 6.07) is 6.48. The summed E-state index contributed by atoms with van der Waals surface area (Å²) in [5.41, 5.74) is 2.21. The van der Waals surface area contributed by atoms with Crippen LogP contribution in [0.15, 0.2) is 18.2 Å². The lowest BCUT2D eigenvalue weighted by molar-refractivity contribution is 0.474. The van der Waals surface area contributed by atoms with E-state index < -0.39 is 0 Å². The molecule has 1 atom stereocenters. The summed E-state index contributed by atoms with van der Waals surface area (Å²) in [4.78, 5) is 2.38. The summed E-state index contributed by atoms with van der Waals surface area (Å²) >= 11 is 0. The standard InChI is InChI=1S/C12H18N2O/c1-8(2)14-9(3)7-13-11-6-10(15)4-5-12(11)14/h4-6,8-9,13,15H,7H2,1-3H3. The Bertz CT molecular complexity index is 363. The minimum Gasteiger partial charge on any atom is -0.508 e. The SMILES string of the molecule is CC(C)N1c2ccc(O)cc2NCC1C. The predicted octanol–water partition coefficient (Wildman–Crippen LogP) is 2.42. The largest absolute Gasteiger partial charge is 0.508 e. The highest BCUT2D eigenvalue weighted by atomic mass is 16.3. The van der Waals surface area contributed by atoms with Gasteiger partial charge in [-0.05, 0) is 32.9 Å². The van der Waals surface area contributed by atoms with Crippen molar-refractivity contribution in [3.63, 3.8) is 0 Å². The molecule has 0 saturated heterocycles. The first-order valence-electron chi connectivity index (χ1n) is 5.45. The molecule has 2 rings (SSSR count). The number of nitrogens with one attached hydrogen (secondary N) is 1. The summed E-state index contributed by atoms with van der Waals surface area (Å²) in [5, 5.41) is 12.8. The van der Waals surface area contributed by atoms with E-state index in [1.807, 2.05) is 6.07 Å². The predicted molar refractivity (Wildman–Crippen MR) is 63.7 cm³/mol. The van der Waals surface area contributed by atoms with Crippen molar-refractivity contribution in [2.45, 2.75) is 32.9 Å². The van der Waals surface area contributed by atoms with Gasteiger partial charge in [0.25, 0.3) is 0 Å². The Balaban J connectivity index is 2.43. The number of anilines is 2. The fraction of sp³-hybridized carbons (Fsp3) is 0.500. The number of hydrogen-bond acceptors (Lipinski definition) is 3. The quantitative estimate of drug-likeness (QED) is 0.740. The Kier molecular flexibility index (Phi) is 2.47. The van der Waals surface area contributed by atoms with Crippen molar-refractivity contribution in [2.75, 3.05) is 16.8 Å². The van der Waals surface area contributed by atoms with Gasteiger partial charge in [0, 0.05) is 24.7 Å². The van der Waals surface area contributed by atoms with Crippen LogP contribution in [0.2, 0.25) is 0 Å². The van der Waals surface area contributed by atoms with Crippen LogP contribution in [0.25, 0.3) is 0 Å². The number of rotatable bonds is 1. The van der Waals surface area contributed by atoms with Crippen molar-refractivity contribution >= 4 is 11.4 Å². The molecule has 1 heterocycles. The highest BCUT2D eigenvalue weighted by molar-refractivity contribution is 5.74. The Morgan fingerprint density at radius 1 is 1.47 bits per heavy atom. The van der Waals surface area contributed by atoms with Crippen LogP contribution in [0.4, 0.5) is 11.4 Å². The molecule has 1 aliphatic rings. The van der Waals surface area contributed by atoms with Gasteiger partial charge in [0.1, 0.15) is 5.75 Å². The first kappa shape index (κ1) is 10.1. The van der Waals surface area contributed by atoms with E-state index in [0.29, 0.717) is 17.8 Å². The van der Waals surface area contributed by atoms with Crippen LogP contribution >= 0.6 is 0 Å². The molecule has 1 aliphatic heterocycles. The van der Waals surface area contributed by atoms with Crippen LogP contribution in [0.1, 0.15) is 20.8 Å². The van der Waals surface area contributed by atoms with E-state index in [1.165, 1.54) is 5.69 Å². The maximum atomic E-state index is 9.42. The Morgan fingerprint density at radius 3 is 2.87 bits per heavy atom. The third-order valence-corrected chi connectivity index (χ3v) is 2.88. The van der Waals surface area contributed by atoms with Gasteiger partial charge in [0.05, 0.1) is 11.4 Å². The lowest BCUT2D eigenvalue weighted by Crippen LogP contribution is -2.46. The second-order valence-electron chi connectivity index (χ2n) is 4.43. The fourth-order valence-corrected chi connectivity index (χ4v) is 2.27. The number of phenols is 1. The van der Waals surface area contributed by atoms with Gasteiger partial charge in [0.15, 0.2) is 0 Å². The molecular formula is C12H18N2O. The molecule has 0 spiro atoms. The van der Waals surface area contributed by atoms with Crippen LogP contribution in [0.3, 0.4) is 0 Å². The first-order valence-corrected chi connectivity index (χ1v) is 5.45. The molecule has 15 heavy (non-hydrogen) atoms. The number of aromatic hydroxyl groups is 1. The van der Waals surface area contributed by atoms with Crippen LogP contribution in [0, 0.1) is 0 Å². The molecule has 82 valence electrons. The van der Waals surface area contributed by atoms with Gasteiger partial charge < -0.3 is 15.3 Å². The molecule has 3 heteroatoms. The van der Waals surface area contributed by atoms with Crippen molar-refractivity contribution < 1.29 is 5.11 Å². The maximum absolute atomic E-state index is 9.42. The fourth-order valence-electron chi connectivity index (χ4n) is 2.27. The van der Waals surface area contributed by atoms with E-state index in [1.54, 1.807) is 12.1 Å². The summed E-state index contributed by atoms with van der Waals surface area (Å²) in [5.74, 6) is 0.319. The molecule has 1 unspecified atom stereocenters. The molecular weight excluding hydrogens is 188 g/mol. The average molecular weight is 206 g/mol. The topological polar surface area (TPSA) is 35.5 Å². The highest BCUT2D eigenvalue weighted by Crippen LogP contribution is 2.35. The second-order valence-corrected chi connectivity index (χ2v) is 4.43. The van der Waals surface area contributed by atoms with E-state index in [0.717, 1.165) is 12.2 Å². The van der Waals surface area contributed by atoms with Crippen molar-refractivity contribution in [3.8, 4) is 5.75 Å². The number of phenolic OH excluding ortho intramolecular Hbond substituents is 1. The van der Waals surface area contributed by atoms with Crippen LogP contribution in [0.5, 0.6) is 5.75 Å². The van der Waals surface area contributed by atoms with E-state index in [9.17, 15) is 5.11 Å². The molecule has 0 fully saturated rings. The smallest absolute Gasteiger partial charge is 0.117 e. The van der Waals surface area contributed by atoms with Crippen molar-refractivity contribution in [2.24, 2.45) is 0 Å². The molecule has 0 saturated carbocycles. The van der Waals surface area contributed by atoms with E-state index in [-0.39, 0.29) is 0 Å². The third-order valence-electron chi connectivity index (χ3n) is 2.88. The molecule has 0 bridgehead atoms. The lowest BCUT2D eigenvalue weighted by Gasteiger charge is -2.40. The summed E-state index contributed by atoms with van der Waals surface area (Å²) in [7, 11) is 0.